The van der Waals surface area contributed by atoms with Gasteiger partial charge in [-0.25, -0.2) is 0 Å². The monoisotopic (exact) mass is 238 g/mol. The predicted octanol–water partition coefficient (Wildman–Crippen LogP) is 2.88. The van der Waals surface area contributed by atoms with E-state index in [1.807, 2.05) is 0 Å². The van der Waals surface area contributed by atoms with E-state index in [2.05, 4.69) is 45.0 Å². The second kappa shape index (κ2) is 4.89. The molecule has 4 atom stereocenters. The van der Waals surface area contributed by atoms with E-state index >= 15 is 0 Å². The normalized spacial score (nSPS) is 42.9. The molecule has 2 nitrogen and oxygen atoms in total. The Balaban J connectivity index is 2.16. The van der Waals surface area contributed by atoms with Crippen LogP contribution in [0.3, 0.4) is 0 Å². The molecule has 1 heterocycles. The second-order valence-corrected chi connectivity index (χ2v) is 7.05. The van der Waals surface area contributed by atoms with Gasteiger partial charge in [-0.05, 0) is 65.0 Å². The maximum Gasteiger partial charge on any atom is 0.0280 e. The fraction of sp³-hybridized carbons (Fsp3) is 1.00. The molecular formula is C15H30N2. The van der Waals surface area contributed by atoms with E-state index in [9.17, 15) is 0 Å². The van der Waals surface area contributed by atoms with Crippen LogP contribution in [0.5, 0.6) is 0 Å². The van der Waals surface area contributed by atoms with Crippen LogP contribution in [-0.2, 0) is 0 Å². The molecular weight excluding hydrogens is 208 g/mol. The molecule has 100 valence electrons. The summed E-state index contributed by atoms with van der Waals surface area (Å²) in [5.74, 6) is 1.71. The Kier molecular flexibility index (Phi) is 3.84. The van der Waals surface area contributed by atoms with Crippen molar-refractivity contribution in [2.75, 3.05) is 13.6 Å². The Morgan fingerprint density at radius 3 is 2.41 bits per heavy atom. The number of nitrogens with zero attached hydrogens (tertiary/aromatic N) is 1. The third-order valence-corrected chi connectivity index (χ3v) is 5.12. The lowest BCUT2D eigenvalue weighted by Gasteiger charge is -2.49. The fourth-order valence-corrected chi connectivity index (χ4v) is 4.33. The summed E-state index contributed by atoms with van der Waals surface area (Å²) in [5, 5.41) is 3.59. The van der Waals surface area contributed by atoms with Crippen molar-refractivity contribution in [3.63, 3.8) is 0 Å². The van der Waals surface area contributed by atoms with Crippen LogP contribution in [0.25, 0.3) is 0 Å². The first-order valence-electron chi connectivity index (χ1n) is 7.39. The van der Waals surface area contributed by atoms with Gasteiger partial charge in [0.05, 0.1) is 0 Å². The van der Waals surface area contributed by atoms with Crippen LogP contribution in [-0.4, -0.2) is 36.1 Å². The Morgan fingerprint density at radius 2 is 1.88 bits per heavy atom. The summed E-state index contributed by atoms with van der Waals surface area (Å²) in [5.41, 5.74) is 0.411. The predicted molar refractivity (Wildman–Crippen MR) is 74.2 cm³/mol. The van der Waals surface area contributed by atoms with E-state index in [1.54, 1.807) is 0 Å². The van der Waals surface area contributed by atoms with Gasteiger partial charge in [0.2, 0.25) is 0 Å². The number of hydrogen-bond acceptors (Lipinski definition) is 2. The molecule has 2 heteroatoms. The molecule has 0 radical (unpaired) electrons. The van der Waals surface area contributed by atoms with Crippen molar-refractivity contribution < 1.29 is 0 Å². The average molecular weight is 238 g/mol. The van der Waals surface area contributed by atoms with E-state index in [0.29, 0.717) is 11.6 Å². The topological polar surface area (TPSA) is 15.3 Å². The van der Waals surface area contributed by atoms with Crippen LogP contribution in [0.4, 0.5) is 0 Å². The molecule has 0 spiro atoms. The zero-order valence-corrected chi connectivity index (χ0v) is 12.3. The molecule has 1 N–H and O–H groups in total. The molecule has 17 heavy (non-hydrogen) atoms. The zero-order valence-electron chi connectivity index (χ0n) is 12.3. The number of likely N-dealkylation sites (N-methyl/N-ethyl adjacent to an activating group) is 1. The Labute approximate surface area is 107 Å². The Morgan fingerprint density at radius 1 is 1.18 bits per heavy atom. The SMILES string of the molecule is CNC1CC(C)CC(C)C1N1CCCC1(C)C. The standard InChI is InChI=1S/C15H30N2/c1-11-9-12(2)14(13(10-11)16-5)17-8-6-7-15(17,3)4/h11-14,16H,6-10H2,1-5H3. The van der Waals surface area contributed by atoms with Crippen molar-refractivity contribution in [2.45, 2.75) is 71.0 Å². The van der Waals surface area contributed by atoms with Crippen LogP contribution >= 0.6 is 0 Å². The lowest BCUT2D eigenvalue weighted by molar-refractivity contribution is 0.0229. The van der Waals surface area contributed by atoms with E-state index in [0.717, 1.165) is 17.9 Å². The highest BCUT2D eigenvalue weighted by Crippen LogP contribution is 2.39. The molecule has 2 fully saturated rings. The molecule has 1 aliphatic carbocycles. The molecule has 0 aromatic carbocycles. The van der Waals surface area contributed by atoms with Gasteiger partial charge in [-0.2, -0.15) is 0 Å². The largest absolute Gasteiger partial charge is 0.315 e. The van der Waals surface area contributed by atoms with E-state index in [1.165, 1.54) is 32.2 Å². The minimum atomic E-state index is 0.411. The molecule has 2 rings (SSSR count). The van der Waals surface area contributed by atoms with Crippen molar-refractivity contribution in [1.82, 2.24) is 10.2 Å². The van der Waals surface area contributed by atoms with E-state index in [-0.39, 0.29) is 0 Å². The number of likely N-dealkylation sites (tertiary alicyclic amines) is 1. The maximum absolute atomic E-state index is 3.59. The summed E-state index contributed by atoms with van der Waals surface area (Å²) in [6.07, 6.45) is 5.48. The average Bonchev–Trinajstić information content (AvgIpc) is 2.57. The number of nitrogens with one attached hydrogen (secondary N) is 1. The smallest absolute Gasteiger partial charge is 0.0280 e. The van der Waals surface area contributed by atoms with Gasteiger partial charge in [-0.3, -0.25) is 4.90 Å². The van der Waals surface area contributed by atoms with E-state index in [4.69, 9.17) is 0 Å². The maximum atomic E-state index is 3.59. The summed E-state index contributed by atoms with van der Waals surface area (Å²) >= 11 is 0. The highest BCUT2D eigenvalue weighted by molar-refractivity contribution is 5.00. The summed E-state index contributed by atoms with van der Waals surface area (Å²) in [7, 11) is 2.14. The van der Waals surface area contributed by atoms with Gasteiger partial charge in [0.1, 0.15) is 0 Å². The Hall–Kier alpha value is -0.0800. The molecule has 1 saturated heterocycles. The Bertz CT molecular complexity index is 262. The molecule has 1 saturated carbocycles. The van der Waals surface area contributed by atoms with Crippen LogP contribution < -0.4 is 5.32 Å². The van der Waals surface area contributed by atoms with Gasteiger partial charge in [0.15, 0.2) is 0 Å². The third kappa shape index (κ3) is 2.53. The summed E-state index contributed by atoms with van der Waals surface area (Å²) in [6, 6.07) is 1.43. The lowest BCUT2D eigenvalue weighted by Crippen LogP contribution is -2.59. The summed E-state index contributed by atoms with van der Waals surface area (Å²) < 4.78 is 0. The molecule has 4 unspecified atom stereocenters. The van der Waals surface area contributed by atoms with Crippen LogP contribution in [0.1, 0.15) is 53.4 Å². The van der Waals surface area contributed by atoms with Gasteiger partial charge < -0.3 is 5.32 Å². The van der Waals surface area contributed by atoms with Crippen LogP contribution in [0, 0.1) is 11.8 Å². The molecule has 0 bridgehead atoms. The van der Waals surface area contributed by atoms with Gasteiger partial charge >= 0.3 is 0 Å². The molecule has 0 amide bonds. The first-order valence-corrected chi connectivity index (χ1v) is 7.39. The minimum Gasteiger partial charge on any atom is -0.315 e. The molecule has 0 aromatic heterocycles. The van der Waals surface area contributed by atoms with E-state index < -0.39 is 0 Å². The zero-order chi connectivity index (χ0) is 12.6. The lowest BCUT2D eigenvalue weighted by atomic mass is 9.75. The van der Waals surface area contributed by atoms with Gasteiger partial charge in [0, 0.05) is 17.6 Å². The summed E-state index contributed by atoms with van der Waals surface area (Å²) in [4.78, 5) is 2.80. The van der Waals surface area contributed by atoms with Crippen molar-refractivity contribution in [1.29, 1.82) is 0 Å². The fourth-order valence-electron chi connectivity index (χ4n) is 4.33. The van der Waals surface area contributed by atoms with Crippen molar-refractivity contribution in [2.24, 2.45) is 11.8 Å². The second-order valence-electron chi connectivity index (χ2n) is 7.05. The van der Waals surface area contributed by atoms with Crippen LogP contribution in [0.2, 0.25) is 0 Å². The van der Waals surface area contributed by atoms with Crippen LogP contribution in [0.15, 0.2) is 0 Å². The molecule has 1 aliphatic heterocycles. The first-order chi connectivity index (χ1) is 7.95. The molecule has 0 aromatic rings. The highest BCUT2D eigenvalue weighted by Gasteiger charge is 2.44. The highest BCUT2D eigenvalue weighted by atomic mass is 15.3. The van der Waals surface area contributed by atoms with Crippen molar-refractivity contribution >= 4 is 0 Å². The van der Waals surface area contributed by atoms with Gasteiger partial charge in [-0.15, -0.1) is 0 Å². The van der Waals surface area contributed by atoms with Crippen molar-refractivity contribution in [3.05, 3.63) is 0 Å². The number of rotatable bonds is 2. The third-order valence-electron chi connectivity index (χ3n) is 5.12. The first kappa shape index (κ1) is 13.4. The molecule has 2 aliphatic rings. The summed E-state index contributed by atoms with van der Waals surface area (Å²) in [6.45, 7) is 11.0. The number of hydrogen-bond donors (Lipinski definition) is 1. The van der Waals surface area contributed by atoms with Gasteiger partial charge in [-0.1, -0.05) is 13.8 Å². The minimum absolute atomic E-state index is 0.411. The van der Waals surface area contributed by atoms with Gasteiger partial charge in [0.25, 0.3) is 0 Å². The van der Waals surface area contributed by atoms with Crippen molar-refractivity contribution in [3.8, 4) is 0 Å². The quantitative estimate of drug-likeness (QED) is 0.796.